The van der Waals surface area contributed by atoms with Gasteiger partial charge in [0.1, 0.15) is 5.82 Å². The maximum absolute atomic E-state index is 9.30. The van der Waals surface area contributed by atoms with Gasteiger partial charge in [0.15, 0.2) is 0 Å². The van der Waals surface area contributed by atoms with Crippen molar-refractivity contribution >= 4 is 21.7 Å². The minimum Gasteiger partial charge on any atom is -0.394 e. The van der Waals surface area contributed by atoms with Crippen molar-refractivity contribution in [3.63, 3.8) is 0 Å². The summed E-state index contributed by atoms with van der Waals surface area (Å²) in [5, 5.41) is 21.7. The van der Waals surface area contributed by atoms with Crippen LogP contribution in [0.15, 0.2) is 16.7 Å². The largest absolute Gasteiger partial charge is 0.394 e. The van der Waals surface area contributed by atoms with Crippen molar-refractivity contribution < 1.29 is 10.2 Å². The van der Waals surface area contributed by atoms with E-state index in [1.807, 2.05) is 19.9 Å². The number of nitrogens with one attached hydrogen (secondary N) is 1. The Labute approximate surface area is 104 Å². The van der Waals surface area contributed by atoms with Gasteiger partial charge >= 0.3 is 0 Å². The molecule has 90 valence electrons. The number of rotatable bonds is 5. The Balaban J connectivity index is 2.89. The van der Waals surface area contributed by atoms with Crippen molar-refractivity contribution in [2.75, 3.05) is 18.5 Å². The third kappa shape index (κ3) is 2.93. The standard InChI is InChI=1S/C11H17BrN2O2/c1-3-11(6-15,7-16)14-10-4-8(2)9(12)5-13-10/h4-5,15-16H,3,6-7H2,1-2H3,(H,13,14). The van der Waals surface area contributed by atoms with Crippen LogP contribution in [0.2, 0.25) is 0 Å². The molecule has 1 rings (SSSR count). The summed E-state index contributed by atoms with van der Waals surface area (Å²) in [7, 11) is 0. The maximum atomic E-state index is 9.30. The van der Waals surface area contributed by atoms with E-state index < -0.39 is 5.54 Å². The SMILES string of the molecule is CCC(CO)(CO)Nc1cc(C)c(Br)cn1. The molecule has 0 saturated carbocycles. The summed E-state index contributed by atoms with van der Waals surface area (Å²) >= 11 is 3.37. The molecule has 0 radical (unpaired) electrons. The lowest BCUT2D eigenvalue weighted by atomic mass is 9.98. The van der Waals surface area contributed by atoms with Crippen molar-refractivity contribution in [2.24, 2.45) is 0 Å². The van der Waals surface area contributed by atoms with E-state index in [0.29, 0.717) is 12.2 Å². The zero-order valence-electron chi connectivity index (χ0n) is 9.50. The topological polar surface area (TPSA) is 65.4 Å². The minimum absolute atomic E-state index is 0.128. The van der Waals surface area contributed by atoms with E-state index in [0.717, 1.165) is 10.0 Å². The predicted octanol–water partition coefficient (Wildman–Crippen LogP) is 1.70. The van der Waals surface area contributed by atoms with Crippen LogP contribution in [0, 0.1) is 6.92 Å². The first-order chi connectivity index (χ1) is 7.56. The van der Waals surface area contributed by atoms with Gasteiger partial charge in [-0.05, 0) is 40.9 Å². The molecule has 0 aliphatic heterocycles. The third-order valence-corrected chi connectivity index (χ3v) is 3.55. The zero-order valence-corrected chi connectivity index (χ0v) is 11.1. The molecule has 0 saturated heterocycles. The maximum Gasteiger partial charge on any atom is 0.126 e. The Morgan fingerprint density at radius 3 is 2.50 bits per heavy atom. The summed E-state index contributed by atoms with van der Waals surface area (Å²) in [6.45, 7) is 3.61. The van der Waals surface area contributed by atoms with Gasteiger partial charge in [0.2, 0.25) is 0 Å². The summed E-state index contributed by atoms with van der Waals surface area (Å²) in [4.78, 5) is 4.19. The number of halogens is 1. The molecule has 4 nitrogen and oxygen atoms in total. The summed E-state index contributed by atoms with van der Waals surface area (Å²) in [5.41, 5.74) is 0.353. The van der Waals surface area contributed by atoms with Gasteiger partial charge in [-0.2, -0.15) is 0 Å². The normalized spacial score (nSPS) is 11.6. The van der Waals surface area contributed by atoms with Gasteiger partial charge in [-0.25, -0.2) is 4.98 Å². The van der Waals surface area contributed by atoms with Crippen LogP contribution in [-0.4, -0.2) is 33.9 Å². The van der Waals surface area contributed by atoms with Gasteiger partial charge in [-0.15, -0.1) is 0 Å². The number of aliphatic hydroxyl groups is 2. The Bertz CT molecular complexity index is 346. The lowest BCUT2D eigenvalue weighted by molar-refractivity contribution is 0.132. The van der Waals surface area contributed by atoms with E-state index >= 15 is 0 Å². The number of nitrogens with zero attached hydrogens (tertiary/aromatic N) is 1. The second-order valence-corrected chi connectivity index (χ2v) is 4.75. The third-order valence-electron chi connectivity index (χ3n) is 2.72. The molecule has 0 atom stereocenters. The monoisotopic (exact) mass is 288 g/mol. The van der Waals surface area contributed by atoms with Crippen LogP contribution in [0.4, 0.5) is 5.82 Å². The predicted molar refractivity (Wildman–Crippen MR) is 67.5 cm³/mol. The number of aryl methyl sites for hydroxylation is 1. The first kappa shape index (κ1) is 13.4. The van der Waals surface area contributed by atoms with Crippen LogP contribution < -0.4 is 5.32 Å². The molecule has 0 aliphatic rings. The van der Waals surface area contributed by atoms with Crippen molar-refractivity contribution in [1.29, 1.82) is 0 Å². The Morgan fingerprint density at radius 1 is 1.44 bits per heavy atom. The molecule has 16 heavy (non-hydrogen) atoms. The van der Waals surface area contributed by atoms with Crippen molar-refractivity contribution in [1.82, 2.24) is 4.98 Å². The fourth-order valence-corrected chi connectivity index (χ4v) is 1.54. The number of hydrogen-bond acceptors (Lipinski definition) is 4. The van der Waals surface area contributed by atoms with Gasteiger partial charge in [0.05, 0.1) is 18.8 Å². The highest BCUT2D eigenvalue weighted by atomic mass is 79.9. The van der Waals surface area contributed by atoms with Crippen molar-refractivity contribution in [2.45, 2.75) is 25.8 Å². The second kappa shape index (κ2) is 5.61. The molecule has 1 aromatic rings. The van der Waals surface area contributed by atoms with Crippen LogP contribution in [-0.2, 0) is 0 Å². The van der Waals surface area contributed by atoms with E-state index in [-0.39, 0.29) is 13.2 Å². The van der Waals surface area contributed by atoms with Gasteiger partial charge in [0, 0.05) is 10.7 Å². The number of hydrogen-bond donors (Lipinski definition) is 3. The highest BCUT2D eigenvalue weighted by molar-refractivity contribution is 9.10. The van der Waals surface area contributed by atoms with Gasteiger partial charge in [-0.3, -0.25) is 0 Å². The second-order valence-electron chi connectivity index (χ2n) is 3.89. The molecule has 0 aromatic carbocycles. The Morgan fingerprint density at radius 2 is 2.06 bits per heavy atom. The molecule has 5 heteroatoms. The highest BCUT2D eigenvalue weighted by Crippen LogP contribution is 2.21. The summed E-state index contributed by atoms with van der Waals surface area (Å²) in [5.74, 6) is 0.658. The molecule has 0 fully saturated rings. The quantitative estimate of drug-likeness (QED) is 0.772. The van der Waals surface area contributed by atoms with E-state index in [4.69, 9.17) is 0 Å². The molecule has 1 heterocycles. The number of aliphatic hydroxyl groups excluding tert-OH is 2. The van der Waals surface area contributed by atoms with Crippen LogP contribution in [0.1, 0.15) is 18.9 Å². The van der Waals surface area contributed by atoms with Crippen LogP contribution in [0.3, 0.4) is 0 Å². The fraction of sp³-hybridized carbons (Fsp3) is 0.545. The molecule has 0 spiro atoms. The molecule has 0 unspecified atom stereocenters. The number of pyridine rings is 1. The van der Waals surface area contributed by atoms with E-state index in [2.05, 4.69) is 26.2 Å². The first-order valence-corrected chi connectivity index (χ1v) is 5.98. The lowest BCUT2D eigenvalue weighted by Gasteiger charge is -2.30. The Kier molecular flexibility index (Phi) is 4.70. The zero-order chi connectivity index (χ0) is 12.2. The number of anilines is 1. The van der Waals surface area contributed by atoms with Crippen molar-refractivity contribution in [3.05, 3.63) is 22.3 Å². The minimum atomic E-state index is -0.701. The summed E-state index contributed by atoms with van der Waals surface area (Å²) in [6.07, 6.45) is 2.32. The average molecular weight is 289 g/mol. The van der Waals surface area contributed by atoms with Crippen LogP contribution in [0.25, 0.3) is 0 Å². The summed E-state index contributed by atoms with van der Waals surface area (Å²) < 4.78 is 0.938. The van der Waals surface area contributed by atoms with E-state index in [1.165, 1.54) is 0 Å². The van der Waals surface area contributed by atoms with Gasteiger partial charge in [-0.1, -0.05) is 6.92 Å². The van der Waals surface area contributed by atoms with Crippen LogP contribution in [0.5, 0.6) is 0 Å². The lowest BCUT2D eigenvalue weighted by Crippen LogP contribution is -2.45. The molecule has 1 aromatic heterocycles. The molecule has 0 amide bonds. The van der Waals surface area contributed by atoms with Gasteiger partial charge < -0.3 is 15.5 Å². The van der Waals surface area contributed by atoms with Gasteiger partial charge in [0.25, 0.3) is 0 Å². The molecule has 0 aliphatic carbocycles. The highest BCUT2D eigenvalue weighted by Gasteiger charge is 2.26. The van der Waals surface area contributed by atoms with E-state index in [1.54, 1.807) is 6.20 Å². The van der Waals surface area contributed by atoms with Crippen LogP contribution >= 0.6 is 15.9 Å². The molecular formula is C11H17BrN2O2. The first-order valence-electron chi connectivity index (χ1n) is 5.19. The molecule has 3 N–H and O–H groups in total. The fourth-order valence-electron chi connectivity index (χ4n) is 1.32. The average Bonchev–Trinajstić information content (AvgIpc) is 2.31. The summed E-state index contributed by atoms with van der Waals surface area (Å²) in [6, 6.07) is 1.87. The van der Waals surface area contributed by atoms with Crippen molar-refractivity contribution in [3.8, 4) is 0 Å². The smallest absolute Gasteiger partial charge is 0.126 e. The molecule has 0 bridgehead atoms. The molecular weight excluding hydrogens is 272 g/mol. The van der Waals surface area contributed by atoms with E-state index in [9.17, 15) is 10.2 Å². The number of aromatic nitrogens is 1. The Hall–Kier alpha value is -0.650.